The van der Waals surface area contributed by atoms with Gasteiger partial charge in [-0.15, -0.1) is 0 Å². The van der Waals surface area contributed by atoms with Gasteiger partial charge in [-0.05, 0) is 75.9 Å². The minimum absolute atomic E-state index is 0.0603. The van der Waals surface area contributed by atoms with E-state index in [1.54, 1.807) is 16.4 Å². The molecule has 1 aromatic rings. The number of carbonyl (C=O) groups excluding carboxylic acids is 1. The average Bonchev–Trinajstić information content (AvgIpc) is 2.57. The highest BCUT2D eigenvalue weighted by Crippen LogP contribution is 2.46. The first-order valence-corrected chi connectivity index (χ1v) is 11.1. The molecule has 1 aliphatic heterocycles. The van der Waals surface area contributed by atoms with Crippen molar-refractivity contribution in [1.82, 2.24) is 14.5 Å². The summed E-state index contributed by atoms with van der Waals surface area (Å²) >= 11 is 0. The van der Waals surface area contributed by atoms with E-state index in [4.69, 9.17) is 0 Å². The maximum atomic E-state index is 13.1. The Morgan fingerprint density at radius 1 is 1.26 bits per heavy atom. The van der Waals surface area contributed by atoms with Gasteiger partial charge in [0.15, 0.2) is 0 Å². The molecule has 0 bridgehead atoms. The zero-order valence-electron chi connectivity index (χ0n) is 16.7. The van der Waals surface area contributed by atoms with E-state index < -0.39 is 10.0 Å². The molecule has 1 aliphatic carbocycles. The van der Waals surface area contributed by atoms with Gasteiger partial charge >= 0.3 is 0 Å². The monoisotopic (exact) mass is 393 g/mol. The minimum atomic E-state index is -3.51. The standard InChI is InChI=1S/C20H31N3O3S/c1-14-5-6-17(11-15(14)2)27(25,26)23-9-7-16-12-18(19(16)13-23)20(24)21-8-10-22(3)4/h5-6,11,16,18-19H,7-10,12-13H2,1-4H3,(H,21,24)/t16-,18-,19-/m1/s1. The molecule has 0 radical (unpaired) electrons. The fourth-order valence-corrected chi connectivity index (χ4v) is 5.71. The molecule has 2 fully saturated rings. The fraction of sp³-hybridized carbons (Fsp3) is 0.650. The van der Waals surface area contributed by atoms with Gasteiger partial charge in [0.2, 0.25) is 15.9 Å². The first-order chi connectivity index (χ1) is 12.7. The van der Waals surface area contributed by atoms with Crippen LogP contribution in [0.5, 0.6) is 0 Å². The molecule has 3 rings (SSSR count). The van der Waals surface area contributed by atoms with E-state index in [9.17, 15) is 13.2 Å². The zero-order chi connectivity index (χ0) is 19.8. The summed E-state index contributed by atoms with van der Waals surface area (Å²) in [7, 11) is 0.443. The third-order valence-corrected chi connectivity index (χ3v) is 8.02. The molecule has 3 atom stereocenters. The van der Waals surface area contributed by atoms with E-state index in [0.717, 1.165) is 30.5 Å². The maximum Gasteiger partial charge on any atom is 0.243 e. The summed E-state index contributed by atoms with van der Waals surface area (Å²) in [6.07, 6.45) is 1.73. The lowest BCUT2D eigenvalue weighted by Gasteiger charge is -2.49. The van der Waals surface area contributed by atoms with Gasteiger partial charge < -0.3 is 10.2 Å². The van der Waals surface area contributed by atoms with Crippen molar-refractivity contribution < 1.29 is 13.2 Å². The molecule has 1 heterocycles. The van der Waals surface area contributed by atoms with Crippen LogP contribution in [0.25, 0.3) is 0 Å². The van der Waals surface area contributed by atoms with Gasteiger partial charge in [0.1, 0.15) is 0 Å². The largest absolute Gasteiger partial charge is 0.355 e. The molecule has 1 saturated carbocycles. The summed E-state index contributed by atoms with van der Waals surface area (Å²) < 4.78 is 27.7. The molecule has 0 spiro atoms. The number of rotatable bonds is 6. The first kappa shape index (κ1) is 20.3. The number of nitrogens with one attached hydrogen (secondary N) is 1. The van der Waals surface area contributed by atoms with Crippen molar-refractivity contribution in [3.8, 4) is 0 Å². The van der Waals surface area contributed by atoms with Gasteiger partial charge in [-0.2, -0.15) is 4.31 Å². The molecule has 6 nitrogen and oxygen atoms in total. The number of likely N-dealkylation sites (N-methyl/N-ethyl adjacent to an activating group) is 1. The van der Waals surface area contributed by atoms with E-state index in [2.05, 4.69) is 5.32 Å². The summed E-state index contributed by atoms with van der Waals surface area (Å²) in [6.45, 7) is 6.34. The maximum absolute atomic E-state index is 13.1. The Kier molecular flexibility index (Phi) is 5.93. The van der Waals surface area contributed by atoms with Crippen molar-refractivity contribution in [3.05, 3.63) is 29.3 Å². The van der Waals surface area contributed by atoms with Crippen LogP contribution in [0.1, 0.15) is 24.0 Å². The first-order valence-electron chi connectivity index (χ1n) is 9.70. The van der Waals surface area contributed by atoms with E-state index in [1.165, 1.54) is 0 Å². The third-order valence-electron chi connectivity index (χ3n) is 6.15. The second kappa shape index (κ2) is 7.89. The van der Waals surface area contributed by atoms with Gasteiger partial charge in [0, 0.05) is 32.1 Å². The molecular weight excluding hydrogens is 362 g/mol. The van der Waals surface area contributed by atoms with E-state index in [0.29, 0.717) is 30.4 Å². The number of carbonyl (C=O) groups is 1. The second-order valence-electron chi connectivity index (χ2n) is 8.26. The van der Waals surface area contributed by atoms with Crippen molar-refractivity contribution in [1.29, 1.82) is 0 Å². The molecule has 1 saturated heterocycles. The van der Waals surface area contributed by atoms with Crippen molar-refractivity contribution in [2.75, 3.05) is 40.3 Å². The van der Waals surface area contributed by atoms with Crippen LogP contribution in [0.2, 0.25) is 0 Å². The molecule has 27 heavy (non-hydrogen) atoms. The number of sulfonamides is 1. The number of benzene rings is 1. The van der Waals surface area contributed by atoms with E-state index in [1.807, 2.05) is 38.9 Å². The third kappa shape index (κ3) is 4.20. The second-order valence-corrected chi connectivity index (χ2v) is 10.2. The molecule has 2 aliphatic rings. The van der Waals surface area contributed by atoms with E-state index >= 15 is 0 Å². The average molecular weight is 394 g/mol. The predicted molar refractivity (Wildman–Crippen MR) is 106 cm³/mol. The molecule has 1 amide bonds. The number of nitrogens with zero attached hydrogens (tertiary/aromatic N) is 2. The van der Waals surface area contributed by atoms with Crippen LogP contribution >= 0.6 is 0 Å². The normalized spacial score (nSPS) is 25.7. The van der Waals surface area contributed by atoms with Crippen molar-refractivity contribution in [2.24, 2.45) is 17.8 Å². The summed E-state index contributed by atoms with van der Waals surface area (Å²) in [5.41, 5.74) is 2.06. The van der Waals surface area contributed by atoms with Crippen molar-refractivity contribution in [3.63, 3.8) is 0 Å². The van der Waals surface area contributed by atoms with Crippen LogP contribution in [-0.4, -0.2) is 63.8 Å². The van der Waals surface area contributed by atoms with Crippen LogP contribution in [0.3, 0.4) is 0 Å². The van der Waals surface area contributed by atoms with Crippen LogP contribution in [0, 0.1) is 31.6 Å². The Bertz CT molecular complexity index is 807. The van der Waals surface area contributed by atoms with Crippen molar-refractivity contribution in [2.45, 2.75) is 31.6 Å². The molecule has 1 N–H and O–H groups in total. The lowest BCUT2D eigenvalue weighted by Crippen LogP contribution is -2.56. The van der Waals surface area contributed by atoms with Gasteiger partial charge in [-0.3, -0.25) is 4.79 Å². The number of amides is 1. The van der Waals surface area contributed by atoms with Crippen LogP contribution in [0.4, 0.5) is 0 Å². The molecular formula is C20H31N3O3S. The fourth-order valence-electron chi connectivity index (χ4n) is 4.13. The van der Waals surface area contributed by atoms with Gasteiger partial charge in [-0.25, -0.2) is 8.42 Å². The number of piperidine rings is 1. The highest BCUT2D eigenvalue weighted by molar-refractivity contribution is 7.89. The lowest BCUT2D eigenvalue weighted by molar-refractivity contribution is -0.135. The summed E-state index contributed by atoms with van der Waals surface area (Å²) in [5.74, 6) is 0.624. The Hall–Kier alpha value is -1.44. The number of fused-ring (bicyclic) bond motifs is 1. The lowest BCUT2D eigenvalue weighted by atomic mass is 9.61. The highest BCUT2D eigenvalue weighted by Gasteiger charge is 2.49. The molecule has 0 aromatic heterocycles. The minimum Gasteiger partial charge on any atom is -0.355 e. The summed E-state index contributed by atoms with van der Waals surface area (Å²) in [5, 5.41) is 3.00. The number of hydrogen-bond donors (Lipinski definition) is 1. The van der Waals surface area contributed by atoms with E-state index in [-0.39, 0.29) is 17.7 Å². The van der Waals surface area contributed by atoms with Gasteiger partial charge in [0.05, 0.1) is 4.90 Å². The SMILES string of the molecule is Cc1ccc(S(=O)(=O)N2CC[C@@H]3C[C@@H](C(=O)NCCN(C)C)[C@@H]3C2)cc1C. The van der Waals surface area contributed by atoms with Crippen LogP contribution in [0.15, 0.2) is 23.1 Å². The summed E-state index contributed by atoms with van der Waals surface area (Å²) in [4.78, 5) is 14.9. The smallest absolute Gasteiger partial charge is 0.243 e. The zero-order valence-corrected chi connectivity index (χ0v) is 17.6. The quantitative estimate of drug-likeness (QED) is 0.798. The summed E-state index contributed by atoms with van der Waals surface area (Å²) in [6, 6.07) is 5.30. The molecule has 150 valence electrons. The molecule has 1 aromatic carbocycles. The molecule has 0 unspecified atom stereocenters. The topological polar surface area (TPSA) is 69.7 Å². The highest BCUT2D eigenvalue weighted by atomic mass is 32.2. The van der Waals surface area contributed by atoms with Crippen molar-refractivity contribution >= 4 is 15.9 Å². The Labute approximate surface area is 163 Å². The number of hydrogen-bond acceptors (Lipinski definition) is 4. The van der Waals surface area contributed by atoms with Crippen LogP contribution in [-0.2, 0) is 14.8 Å². The van der Waals surface area contributed by atoms with Gasteiger partial charge in [0.25, 0.3) is 0 Å². The molecule has 7 heteroatoms. The number of aryl methyl sites for hydroxylation is 2. The van der Waals surface area contributed by atoms with Crippen LogP contribution < -0.4 is 5.32 Å². The Morgan fingerprint density at radius 2 is 2.00 bits per heavy atom. The Balaban J connectivity index is 1.66. The van der Waals surface area contributed by atoms with Gasteiger partial charge in [-0.1, -0.05) is 6.07 Å². The predicted octanol–water partition coefficient (Wildman–Crippen LogP) is 1.63. The Morgan fingerprint density at radius 3 is 2.67 bits per heavy atom.